The number of aromatic hydroxyl groups is 1. The number of methoxy groups -OCH3 is 1. The largest absolute Gasteiger partial charge is 0.503 e. The predicted octanol–water partition coefficient (Wildman–Crippen LogP) is 4.54. The number of phenols is 1. The van der Waals surface area contributed by atoms with Crippen molar-refractivity contribution in [3.05, 3.63) is 56.0 Å². The number of hydrogen-bond acceptors (Lipinski definition) is 6. The van der Waals surface area contributed by atoms with Crippen molar-refractivity contribution < 1.29 is 27.9 Å². The maximum absolute atomic E-state index is 12.7. The van der Waals surface area contributed by atoms with Crippen molar-refractivity contribution in [3.63, 3.8) is 0 Å². The van der Waals surface area contributed by atoms with Crippen molar-refractivity contribution in [2.75, 3.05) is 12.5 Å². The van der Waals surface area contributed by atoms with E-state index < -0.39 is 22.4 Å². The molecule has 0 unspecified atom stereocenters. The van der Waals surface area contributed by atoms with Gasteiger partial charge in [-0.2, -0.15) is 18.3 Å². The van der Waals surface area contributed by atoms with E-state index in [1.807, 2.05) is 0 Å². The summed E-state index contributed by atoms with van der Waals surface area (Å²) < 4.78 is 43.3. The Bertz CT molecular complexity index is 872. The minimum Gasteiger partial charge on any atom is -0.503 e. The second-order valence-corrected chi connectivity index (χ2v) is 5.76. The Morgan fingerprint density at radius 3 is 2.62 bits per heavy atom. The van der Waals surface area contributed by atoms with Gasteiger partial charge >= 0.3 is 6.18 Å². The zero-order valence-electron chi connectivity index (χ0n) is 13.0. The summed E-state index contributed by atoms with van der Waals surface area (Å²) in [7, 11) is 1.35. The lowest BCUT2D eigenvalue weighted by Gasteiger charge is -2.08. The van der Waals surface area contributed by atoms with Crippen LogP contribution in [0.3, 0.4) is 0 Å². The average Bonchev–Trinajstić information content (AvgIpc) is 2.56. The topological polar surface area (TPSA) is 97.0 Å². The van der Waals surface area contributed by atoms with Crippen molar-refractivity contribution in [1.82, 2.24) is 0 Å². The molecule has 2 aromatic carbocycles. The molecule has 0 aliphatic carbocycles. The number of nitrogens with one attached hydrogen (secondary N) is 1. The number of hydrazone groups is 1. The highest BCUT2D eigenvalue weighted by molar-refractivity contribution is 9.10. The third-order valence-electron chi connectivity index (χ3n) is 3.19. The number of rotatable bonds is 5. The van der Waals surface area contributed by atoms with Crippen LogP contribution in [0.1, 0.15) is 11.1 Å². The van der Waals surface area contributed by atoms with Crippen molar-refractivity contribution >= 4 is 33.5 Å². The number of nitrogens with zero attached hydrogens (tertiary/aromatic N) is 2. The van der Waals surface area contributed by atoms with Crippen LogP contribution in [0.25, 0.3) is 0 Å². The second-order valence-electron chi connectivity index (χ2n) is 4.91. The smallest absolute Gasteiger partial charge is 0.416 e. The average molecular weight is 434 g/mol. The van der Waals surface area contributed by atoms with E-state index in [0.29, 0.717) is 22.2 Å². The molecule has 2 aromatic rings. The van der Waals surface area contributed by atoms with Crippen molar-refractivity contribution in [2.45, 2.75) is 6.18 Å². The molecule has 0 aliphatic heterocycles. The highest BCUT2D eigenvalue weighted by atomic mass is 79.9. The van der Waals surface area contributed by atoms with Crippen LogP contribution in [-0.2, 0) is 6.18 Å². The van der Waals surface area contributed by atoms with Gasteiger partial charge in [0.25, 0.3) is 5.69 Å². The van der Waals surface area contributed by atoms with Gasteiger partial charge in [-0.05, 0) is 45.8 Å². The number of anilines is 1. The number of nitro benzene ring substituents is 1. The fourth-order valence-electron chi connectivity index (χ4n) is 1.95. The van der Waals surface area contributed by atoms with Crippen molar-refractivity contribution in [2.24, 2.45) is 5.10 Å². The molecular formula is C15H11BrF3N3O4. The molecule has 0 radical (unpaired) electrons. The first-order valence-electron chi connectivity index (χ1n) is 6.84. The van der Waals surface area contributed by atoms with Crippen LogP contribution in [0.2, 0.25) is 0 Å². The zero-order chi connectivity index (χ0) is 19.5. The maximum atomic E-state index is 12.7. The van der Waals surface area contributed by atoms with Crippen LogP contribution in [0.15, 0.2) is 39.9 Å². The van der Waals surface area contributed by atoms with Crippen LogP contribution in [0, 0.1) is 10.1 Å². The van der Waals surface area contributed by atoms with Gasteiger partial charge in [0.2, 0.25) is 0 Å². The Labute approximate surface area is 153 Å². The molecule has 0 aliphatic rings. The Morgan fingerprint density at radius 2 is 2.04 bits per heavy atom. The third kappa shape index (κ3) is 4.42. The van der Waals surface area contributed by atoms with E-state index in [9.17, 15) is 28.4 Å². The van der Waals surface area contributed by atoms with Gasteiger partial charge in [0.05, 0.1) is 28.3 Å². The number of hydrogen-bond donors (Lipinski definition) is 2. The third-order valence-corrected chi connectivity index (χ3v) is 3.80. The van der Waals surface area contributed by atoms with Gasteiger partial charge in [-0.1, -0.05) is 0 Å². The van der Waals surface area contributed by atoms with Crippen LogP contribution in [0.5, 0.6) is 11.5 Å². The first-order valence-corrected chi connectivity index (χ1v) is 7.64. The number of alkyl halides is 3. The van der Waals surface area contributed by atoms with Gasteiger partial charge in [-0.3, -0.25) is 15.5 Å². The minimum absolute atomic E-state index is 0.115. The number of ether oxygens (including phenoxy) is 1. The molecule has 11 heteroatoms. The summed E-state index contributed by atoms with van der Waals surface area (Å²) in [6, 6.07) is 5.02. The van der Waals surface area contributed by atoms with E-state index >= 15 is 0 Å². The molecule has 0 aromatic heterocycles. The van der Waals surface area contributed by atoms with Crippen LogP contribution < -0.4 is 10.2 Å². The molecule has 0 spiro atoms. The second kappa shape index (κ2) is 7.60. The van der Waals surface area contributed by atoms with Gasteiger partial charge in [0.15, 0.2) is 11.5 Å². The summed E-state index contributed by atoms with van der Waals surface area (Å²) in [5.41, 5.74) is 0.701. The van der Waals surface area contributed by atoms with E-state index in [2.05, 4.69) is 26.5 Å². The SMILES string of the molecule is COc1cc(/C=N\Nc2ccc(C(F)(F)F)cc2[N+](=O)[O-])cc(Br)c1O. The summed E-state index contributed by atoms with van der Waals surface area (Å²) in [6.45, 7) is 0. The first kappa shape index (κ1) is 19.5. The van der Waals surface area contributed by atoms with E-state index in [0.717, 1.165) is 6.07 Å². The van der Waals surface area contributed by atoms with E-state index in [4.69, 9.17) is 4.74 Å². The van der Waals surface area contributed by atoms with Gasteiger partial charge in [-0.15, -0.1) is 0 Å². The highest BCUT2D eigenvalue weighted by Crippen LogP contribution is 2.36. The van der Waals surface area contributed by atoms with E-state index in [1.54, 1.807) is 0 Å². The molecule has 0 saturated carbocycles. The van der Waals surface area contributed by atoms with E-state index in [1.165, 1.54) is 25.5 Å². The fourth-order valence-corrected chi connectivity index (χ4v) is 2.41. The van der Waals surface area contributed by atoms with Gasteiger partial charge < -0.3 is 9.84 Å². The Morgan fingerprint density at radius 1 is 1.35 bits per heavy atom. The van der Waals surface area contributed by atoms with Crippen molar-refractivity contribution in [1.29, 1.82) is 0 Å². The molecule has 0 fully saturated rings. The Kier molecular flexibility index (Phi) is 5.70. The fraction of sp³-hybridized carbons (Fsp3) is 0.133. The molecule has 0 bridgehead atoms. The summed E-state index contributed by atoms with van der Waals surface area (Å²) in [6.07, 6.45) is -3.43. The monoisotopic (exact) mass is 433 g/mol. The standard InChI is InChI=1S/C15H11BrF3N3O4/c1-26-13-5-8(4-10(16)14(13)23)7-20-21-11-3-2-9(15(17,18)19)6-12(11)22(24)25/h2-7,21,23H,1H3/b20-7-. The summed E-state index contributed by atoms with van der Waals surface area (Å²) in [5, 5.41) is 24.5. The molecule has 0 saturated heterocycles. The molecule has 7 nitrogen and oxygen atoms in total. The van der Waals surface area contributed by atoms with Crippen LogP contribution in [-0.4, -0.2) is 23.4 Å². The van der Waals surface area contributed by atoms with Gasteiger partial charge in [-0.25, -0.2) is 0 Å². The number of halogens is 4. The molecule has 138 valence electrons. The predicted molar refractivity (Wildman–Crippen MR) is 91.7 cm³/mol. The summed E-state index contributed by atoms with van der Waals surface area (Å²) in [4.78, 5) is 10.1. The summed E-state index contributed by atoms with van der Waals surface area (Å²) in [5.74, 6) is 0.0531. The lowest BCUT2D eigenvalue weighted by Crippen LogP contribution is -2.06. The van der Waals surface area contributed by atoms with Crippen LogP contribution in [0.4, 0.5) is 24.5 Å². The molecule has 2 N–H and O–H groups in total. The molecule has 26 heavy (non-hydrogen) atoms. The van der Waals surface area contributed by atoms with Crippen LogP contribution >= 0.6 is 15.9 Å². The molecule has 2 rings (SSSR count). The Balaban J connectivity index is 2.28. The summed E-state index contributed by atoms with van der Waals surface area (Å²) >= 11 is 3.12. The normalized spacial score (nSPS) is 11.6. The number of nitro groups is 1. The number of benzene rings is 2. The zero-order valence-corrected chi connectivity index (χ0v) is 14.6. The number of phenolic OH excluding ortho intramolecular Hbond substituents is 1. The molecule has 0 amide bonds. The lowest BCUT2D eigenvalue weighted by atomic mass is 10.1. The molecule has 0 heterocycles. The van der Waals surface area contributed by atoms with Crippen molar-refractivity contribution in [3.8, 4) is 11.5 Å². The van der Waals surface area contributed by atoms with Gasteiger partial charge in [0.1, 0.15) is 5.69 Å². The Hall–Kier alpha value is -2.82. The first-order chi connectivity index (χ1) is 12.1. The lowest BCUT2D eigenvalue weighted by molar-refractivity contribution is -0.384. The molecular weight excluding hydrogens is 423 g/mol. The maximum Gasteiger partial charge on any atom is 0.416 e. The van der Waals surface area contributed by atoms with E-state index in [-0.39, 0.29) is 17.2 Å². The highest BCUT2D eigenvalue weighted by Gasteiger charge is 2.33. The molecule has 0 atom stereocenters. The quantitative estimate of drug-likeness (QED) is 0.409. The minimum atomic E-state index is -4.69. The van der Waals surface area contributed by atoms with Gasteiger partial charge in [0, 0.05) is 6.07 Å².